The number of rotatable bonds is 3. The molecule has 0 aliphatic rings. The lowest BCUT2D eigenvalue weighted by atomic mass is 10.1. The number of carbonyl (C=O) groups is 1. The molecule has 1 heterocycles. The Morgan fingerprint density at radius 2 is 2.05 bits per heavy atom. The minimum atomic E-state index is -0.915. The average molecular weight is 288 g/mol. The van der Waals surface area contributed by atoms with Crippen LogP contribution in [0.15, 0.2) is 46.9 Å². The van der Waals surface area contributed by atoms with Crippen LogP contribution < -0.4 is 0 Å². The van der Waals surface area contributed by atoms with Gasteiger partial charge in [-0.2, -0.15) is 0 Å². The summed E-state index contributed by atoms with van der Waals surface area (Å²) in [6.45, 7) is 0. The minimum Gasteiger partial charge on any atom is -0.481 e. The van der Waals surface area contributed by atoms with E-state index in [-0.39, 0.29) is 6.42 Å². The van der Waals surface area contributed by atoms with E-state index in [4.69, 9.17) is 21.1 Å². The van der Waals surface area contributed by atoms with Crippen LogP contribution >= 0.6 is 11.6 Å². The molecule has 0 bridgehead atoms. The Bertz CT molecular complexity index is 762. The van der Waals surface area contributed by atoms with Crippen molar-refractivity contribution in [3.63, 3.8) is 0 Å². The summed E-state index contributed by atoms with van der Waals surface area (Å²) in [4.78, 5) is 15.1. The van der Waals surface area contributed by atoms with Gasteiger partial charge in [-0.25, -0.2) is 4.98 Å². The first-order valence-corrected chi connectivity index (χ1v) is 6.37. The number of fused-ring (bicyclic) bond motifs is 1. The van der Waals surface area contributed by atoms with Crippen molar-refractivity contribution in [2.45, 2.75) is 6.42 Å². The molecule has 100 valence electrons. The van der Waals surface area contributed by atoms with Gasteiger partial charge in [-0.3, -0.25) is 4.79 Å². The van der Waals surface area contributed by atoms with Gasteiger partial charge in [0.1, 0.15) is 5.52 Å². The van der Waals surface area contributed by atoms with Crippen LogP contribution in [0.3, 0.4) is 0 Å². The number of hydrogen-bond acceptors (Lipinski definition) is 3. The van der Waals surface area contributed by atoms with Crippen LogP contribution in [0.1, 0.15) is 5.56 Å². The highest BCUT2D eigenvalue weighted by Crippen LogP contribution is 2.28. The summed E-state index contributed by atoms with van der Waals surface area (Å²) < 4.78 is 5.64. The number of carboxylic acids is 1. The van der Waals surface area contributed by atoms with Crippen LogP contribution in [-0.4, -0.2) is 16.1 Å². The third kappa shape index (κ3) is 2.38. The van der Waals surface area contributed by atoms with Gasteiger partial charge in [0, 0.05) is 10.6 Å². The van der Waals surface area contributed by atoms with Crippen molar-refractivity contribution in [1.82, 2.24) is 4.98 Å². The second-order valence-electron chi connectivity index (χ2n) is 4.36. The monoisotopic (exact) mass is 287 g/mol. The Kier molecular flexibility index (Phi) is 3.16. The summed E-state index contributed by atoms with van der Waals surface area (Å²) in [5, 5.41) is 9.18. The standard InChI is InChI=1S/C15H10ClNO3/c16-11-7-10(6-5-9(11)8-14(18)19)15-17-12-3-1-2-4-13(12)20-15/h1-7H,8H2,(H,18,19). The number of aromatic nitrogens is 1. The van der Waals surface area contributed by atoms with Crippen molar-refractivity contribution in [3.8, 4) is 11.5 Å². The normalized spacial score (nSPS) is 10.8. The van der Waals surface area contributed by atoms with Gasteiger partial charge in [0.05, 0.1) is 6.42 Å². The smallest absolute Gasteiger partial charge is 0.307 e. The molecule has 3 aromatic rings. The molecule has 0 radical (unpaired) electrons. The van der Waals surface area contributed by atoms with E-state index >= 15 is 0 Å². The van der Waals surface area contributed by atoms with E-state index in [1.165, 1.54) is 0 Å². The average Bonchev–Trinajstić information content (AvgIpc) is 2.84. The molecule has 0 aliphatic carbocycles. The molecule has 4 nitrogen and oxygen atoms in total. The quantitative estimate of drug-likeness (QED) is 0.796. The fourth-order valence-electron chi connectivity index (χ4n) is 1.98. The van der Waals surface area contributed by atoms with Gasteiger partial charge in [0.25, 0.3) is 0 Å². The van der Waals surface area contributed by atoms with E-state index < -0.39 is 5.97 Å². The van der Waals surface area contributed by atoms with Crippen molar-refractivity contribution >= 4 is 28.7 Å². The molecule has 0 saturated heterocycles. The fourth-order valence-corrected chi connectivity index (χ4v) is 2.23. The maximum Gasteiger partial charge on any atom is 0.307 e. The highest BCUT2D eigenvalue weighted by atomic mass is 35.5. The molecule has 0 amide bonds. The maximum absolute atomic E-state index is 10.7. The molecule has 1 aromatic heterocycles. The molecule has 0 unspecified atom stereocenters. The predicted molar refractivity (Wildman–Crippen MR) is 75.8 cm³/mol. The first-order chi connectivity index (χ1) is 9.63. The Morgan fingerprint density at radius 1 is 1.25 bits per heavy atom. The zero-order chi connectivity index (χ0) is 14.1. The summed E-state index contributed by atoms with van der Waals surface area (Å²) >= 11 is 6.09. The zero-order valence-electron chi connectivity index (χ0n) is 10.3. The SMILES string of the molecule is O=C(O)Cc1ccc(-c2nc3ccccc3o2)cc1Cl. The van der Waals surface area contributed by atoms with Gasteiger partial charge >= 0.3 is 5.97 Å². The van der Waals surface area contributed by atoms with E-state index in [9.17, 15) is 4.79 Å². The van der Waals surface area contributed by atoms with Gasteiger partial charge < -0.3 is 9.52 Å². The molecular formula is C15H10ClNO3. The van der Waals surface area contributed by atoms with Gasteiger partial charge in [-0.05, 0) is 29.8 Å². The van der Waals surface area contributed by atoms with Gasteiger partial charge in [0.15, 0.2) is 5.58 Å². The lowest BCUT2D eigenvalue weighted by Crippen LogP contribution is -2.00. The van der Waals surface area contributed by atoms with E-state index in [0.29, 0.717) is 22.1 Å². The van der Waals surface area contributed by atoms with Crippen LogP contribution in [0.4, 0.5) is 0 Å². The van der Waals surface area contributed by atoms with E-state index in [1.54, 1.807) is 18.2 Å². The van der Waals surface area contributed by atoms with Crippen LogP contribution in [0.2, 0.25) is 5.02 Å². The number of aliphatic carboxylic acids is 1. The van der Waals surface area contributed by atoms with E-state index in [0.717, 1.165) is 11.1 Å². The second kappa shape index (κ2) is 4.98. The van der Waals surface area contributed by atoms with Crippen LogP contribution in [0.5, 0.6) is 0 Å². The van der Waals surface area contributed by atoms with Crippen LogP contribution in [0, 0.1) is 0 Å². The van der Waals surface area contributed by atoms with E-state index in [2.05, 4.69) is 4.98 Å². The number of benzene rings is 2. The van der Waals surface area contributed by atoms with Crippen molar-refractivity contribution < 1.29 is 14.3 Å². The third-order valence-corrected chi connectivity index (χ3v) is 3.29. The topological polar surface area (TPSA) is 63.3 Å². The molecule has 5 heteroatoms. The minimum absolute atomic E-state index is 0.104. The molecule has 0 spiro atoms. The molecule has 0 atom stereocenters. The number of halogens is 1. The molecule has 0 aliphatic heterocycles. The molecular weight excluding hydrogens is 278 g/mol. The summed E-state index contributed by atoms with van der Waals surface area (Å²) in [5.74, 6) is -0.448. The maximum atomic E-state index is 10.7. The number of oxazole rings is 1. The molecule has 2 aromatic carbocycles. The first-order valence-electron chi connectivity index (χ1n) is 5.99. The Balaban J connectivity index is 2.01. The molecule has 0 fully saturated rings. The highest BCUT2D eigenvalue weighted by Gasteiger charge is 2.11. The van der Waals surface area contributed by atoms with E-state index in [1.807, 2.05) is 24.3 Å². The number of carboxylic acid groups (broad SMARTS) is 1. The molecule has 0 saturated carbocycles. The largest absolute Gasteiger partial charge is 0.481 e. The van der Waals surface area contributed by atoms with Crippen molar-refractivity contribution in [3.05, 3.63) is 53.1 Å². The Hall–Kier alpha value is -2.33. The van der Waals surface area contributed by atoms with Crippen molar-refractivity contribution in [2.24, 2.45) is 0 Å². The Morgan fingerprint density at radius 3 is 2.75 bits per heavy atom. The number of nitrogens with zero attached hydrogens (tertiary/aromatic N) is 1. The number of para-hydroxylation sites is 2. The van der Waals surface area contributed by atoms with Gasteiger partial charge in [-0.1, -0.05) is 29.8 Å². The van der Waals surface area contributed by atoms with Gasteiger partial charge in [-0.15, -0.1) is 0 Å². The van der Waals surface area contributed by atoms with Crippen LogP contribution in [-0.2, 0) is 11.2 Å². The predicted octanol–water partition coefficient (Wildman–Crippen LogP) is 3.78. The second-order valence-corrected chi connectivity index (χ2v) is 4.77. The Labute approximate surface area is 119 Å². The summed E-state index contributed by atoms with van der Waals surface area (Å²) in [6, 6.07) is 12.6. The van der Waals surface area contributed by atoms with Crippen molar-refractivity contribution in [1.29, 1.82) is 0 Å². The summed E-state index contributed by atoms with van der Waals surface area (Å²) in [6.07, 6.45) is -0.104. The summed E-state index contributed by atoms with van der Waals surface area (Å²) in [5.41, 5.74) is 2.76. The third-order valence-electron chi connectivity index (χ3n) is 2.94. The molecule has 3 rings (SSSR count). The number of hydrogen-bond donors (Lipinski definition) is 1. The highest BCUT2D eigenvalue weighted by molar-refractivity contribution is 6.31. The lowest BCUT2D eigenvalue weighted by Gasteiger charge is -2.02. The first kappa shape index (κ1) is 12.7. The molecule has 20 heavy (non-hydrogen) atoms. The lowest BCUT2D eigenvalue weighted by molar-refractivity contribution is -0.136. The van der Waals surface area contributed by atoms with Crippen LogP contribution in [0.25, 0.3) is 22.6 Å². The van der Waals surface area contributed by atoms with Crippen molar-refractivity contribution in [2.75, 3.05) is 0 Å². The fraction of sp³-hybridized carbons (Fsp3) is 0.0667. The van der Waals surface area contributed by atoms with Gasteiger partial charge in [0.2, 0.25) is 5.89 Å². The molecule has 1 N–H and O–H groups in total. The summed E-state index contributed by atoms with van der Waals surface area (Å²) in [7, 11) is 0. The zero-order valence-corrected chi connectivity index (χ0v) is 11.1.